The maximum Gasteiger partial charge on any atom is 0.150 e. The van der Waals surface area contributed by atoms with Gasteiger partial charge in [-0.1, -0.05) is 12.1 Å². The van der Waals surface area contributed by atoms with Crippen LogP contribution in [-0.2, 0) is 7.05 Å². The Labute approximate surface area is 117 Å². The standard InChI is InChI=1S/C17H16N2O/c1-11-4-6-14(8-12(11)2)17-18-15-7-5-13(10-20)9-16(15)19(17)3/h4-10H,1-3H3. The normalized spacial score (nSPS) is 10.9. The van der Waals surface area contributed by atoms with Crippen molar-refractivity contribution >= 4 is 17.3 Å². The molecule has 0 bridgehead atoms. The second kappa shape index (κ2) is 4.60. The highest BCUT2D eigenvalue weighted by Gasteiger charge is 2.10. The Hall–Kier alpha value is -2.42. The van der Waals surface area contributed by atoms with Gasteiger partial charge in [0.15, 0.2) is 0 Å². The molecule has 0 saturated carbocycles. The van der Waals surface area contributed by atoms with E-state index in [4.69, 9.17) is 0 Å². The van der Waals surface area contributed by atoms with E-state index < -0.39 is 0 Å². The molecule has 0 aliphatic carbocycles. The Bertz CT molecular complexity index is 815. The van der Waals surface area contributed by atoms with Gasteiger partial charge in [0.1, 0.15) is 12.1 Å². The summed E-state index contributed by atoms with van der Waals surface area (Å²) in [6.45, 7) is 4.20. The van der Waals surface area contributed by atoms with Crippen LogP contribution in [0.25, 0.3) is 22.4 Å². The number of carbonyl (C=O) groups excluding carboxylic acids is 1. The van der Waals surface area contributed by atoms with Crippen molar-refractivity contribution in [3.63, 3.8) is 0 Å². The van der Waals surface area contributed by atoms with E-state index in [1.807, 2.05) is 23.7 Å². The summed E-state index contributed by atoms with van der Waals surface area (Å²) < 4.78 is 2.03. The van der Waals surface area contributed by atoms with Crippen LogP contribution in [0.2, 0.25) is 0 Å². The Balaban J connectivity index is 2.23. The molecule has 0 spiro atoms. The summed E-state index contributed by atoms with van der Waals surface area (Å²) in [5.41, 5.74) is 6.18. The number of aldehydes is 1. The smallest absolute Gasteiger partial charge is 0.150 e. The molecule has 0 aliphatic rings. The third-order valence-corrected chi connectivity index (χ3v) is 3.81. The minimum absolute atomic E-state index is 0.673. The van der Waals surface area contributed by atoms with Crippen molar-refractivity contribution in [1.82, 2.24) is 9.55 Å². The van der Waals surface area contributed by atoms with Crippen LogP contribution in [0.3, 0.4) is 0 Å². The number of aryl methyl sites for hydroxylation is 3. The van der Waals surface area contributed by atoms with Crippen molar-refractivity contribution in [3.8, 4) is 11.4 Å². The van der Waals surface area contributed by atoms with E-state index >= 15 is 0 Å². The summed E-state index contributed by atoms with van der Waals surface area (Å²) in [6, 6.07) is 11.9. The predicted octanol–water partition coefficient (Wildman–Crippen LogP) is 3.67. The van der Waals surface area contributed by atoms with Gasteiger partial charge in [-0.05, 0) is 49.2 Å². The third kappa shape index (κ3) is 1.92. The molecule has 0 saturated heterocycles. The number of nitrogens with zero attached hydrogens (tertiary/aromatic N) is 2. The SMILES string of the molecule is Cc1ccc(-c2nc3ccc(C=O)cc3n2C)cc1C. The summed E-state index contributed by atoms with van der Waals surface area (Å²) >= 11 is 0. The maximum atomic E-state index is 10.9. The Morgan fingerprint density at radius 2 is 1.85 bits per heavy atom. The van der Waals surface area contributed by atoms with Crippen molar-refractivity contribution in [2.75, 3.05) is 0 Å². The number of aromatic nitrogens is 2. The maximum absolute atomic E-state index is 10.9. The molecule has 1 aromatic heterocycles. The van der Waals surface area contributed by atoms with Gasteiger partial charge in [-0.15, -0.1) is 0 Å². The fourth-order valence-corrected chi connectivity index (χ4v) is 2.42. The number of benzene rings is 2. The van der Waals surface area contributed by atoms with Crippen LogP contribution in [0.5, 0.6) is 0 Å². The first kappa shape index (κ1) is 12.6. The lowest BCUT2D eigenvalue weighted by molar-refractivity contribution is 0.112. The first-order chi connectivity index (χ1) is 9.60. The van der Waals surface area contributed by atoms with Gasteiger partial charge >= 0.3 is 0 Å². The molecule has 0 amide bonds. The lowest BCUT2D eigenvalue weighted by atomic mass is 10.1. The van der Waals surface area contributed by atoms with Crippen LogP contribution in [0.1, 0.15) is 21.5 Å². The van der Waals surface area contributed by atoms with Crippen molar-refractivity contribution in [1.29, 1.82) is 0 Å². The average Bonchev–Trinajstić information content (AvgIpc) is 2.79. The summed E-state index contributed by atoms with van der Waals surface area (Å²) in [4.78, 5) is 15.6. The zero-order valence-corrected chi connectivity index (χ0v) is 11.8. The molecule has 0 N–H and O–H groups in total. The number of hydrogen-bond acceptors (Lipinski definition) is 2. The fourth-order valence-electron chi connectivity index (χ4n) is 2.42. The van der Waals surface area contributed by atoms with Crippen molar-refractivity contribution in [2.45, 2.75) is 13.8 Å². The van der Waals surface area contributed by atoms with Gasteiger partial charge in [-0.25, -0.2) is 4.98 Å². The fraction of sp³-hybridized carbons (Fsp3) is 0.176. The number of fused-ring (bicyclic) bond motifs is 1. The van der Waals surface area contributed by atoms with E-state index in [9.17, 15) is 4.79 Å². The Morgan fingerprint density at radius 3 is 2.55 bits per heavy atom. The van der Waals surface area contributed by atoms with Crippen molar-refractivity contribution < 1.29 is 4.79 Å². The molecule has 0 atom stereocenters. The second-order valence-electron chi connectivity index (χ2n) is 5.16. The van der Waals surface area contributed by atoms with Crippen LogP contribution in [0.15, 0.2) is 36.4 Å². The highest BCUT2D eigenvalue weighted by molar-refractivity contribution is 5.87. The lowest BCUT2D eigenvalue weighted by Crippen LogP contribution is -1.94. The Kier molecular flexibility index (Phi) is 2.90. The zero-order chi connectivity index (χ0) is 14.3. The molecule has 2 aromatic carbocycles. The first-order valence-corrected chi connectivity index (χ1v) is 6.59. The van der Waals surface area contributed by atoms with E-state index in [0.717, 1.165) is 28.7 Å². The number of carbonyl (C=O) groups is 1. The monoisotopic (exact) mass is 264 g/mol. The van der Waals surface area contributed by atoms with Gasteiger partial charge in [-0.2, -0.15) is 0 Å². The molecule has 100 valence electrons. The Morgan fingerprint density at radius 1 is 1.05 bits per heavy atom. The minimum Gasteiger partial charge on any atom is -0.327 e. The van der Waals surface area contributed by atoms with Gasteiger partial charge in [-0.3, -0.25) is 4.79 Å². The van der Waals surface area contributed by atoms with Crippen LogP contribution >= 0.6 is 0 Å². The molecule has 20 heavy (non-hydrogen) atoms. The molecule has 3 aromatic rings. The predicted molar refractivity (Wildman–Crippen MR) is 81.0 cm³/mol. The molecule has 0 unspecified atom stereocenters. The molecule has 3 heteroatoms. The summed E-state index contributed by atoms with van der Waals surface area (Å²) in [7, 11) is 1.98. The van der Waals surface area contributed by atoms with E-state index in [2.05, 4.69) is 37.0 Å². The summed E-state index contributed by atoms with van der Waals surface area (Å²) in [6.07, 6.45) is 0.863. The third-order valence-electron chi connectivity index (χ3n) is 3.81. The van der Waals surface area contributed by atoms with Crippen LogP contribution in [-0.4, -0.2) is 15.8 Å². The topological polar surface area (TPSA) is 34.9 Å². The van der Waals surface area contributed by atoms with E-state index in [-0.39, 0.29) is 0 Å². The number of hydrogen-bond donors (Lipinski definition) is 0. The molecule has 1 heterocycles. The molecule has 3 rings (SSSR count). The van der Waals surface area contributed by atoms with Gasteiger partial charge in [0, 0.05) is 18.2 Å². The van der Waals surface area contributed by atoms with Crippen molar-refractivity contribution in [2.24, 2.45) is 7.05 Å². The van der Waals surface area contributed by atoms with E-state index in [1.54, 1.807) is 6.07 Å². The van der Waals surface area contributed by atoms with Gasteiger partial charge in [0.25, 0.3) is 0 Å². The average molecular weight is 264 g/mol. The number of imidazole rings is 1. The van der Waals surface area contributed by atoms with Crippen LogP contribution in [0.4, 0.5) is 0 Å². The van der Waals surface area contributed by atoms with Crippen LogP contribution < -0.4 is 0 Å². The molecule has 0 aliphatic heterocycles. The van der Waals surface area contributed by atoms with Gasteiger partial charge in [0.2, 0.25) is 0 Å². The quantitative estimate of drug-likeness (QED) is 0.662. The zero-order valence-electron chi connectivity index (χ0n) is 11.8. The summed E-state index contributed by atoms with van der Waals surface area (Å²) in [5, 5.41) is 0. The van der Waals surface area contributed by atoms with Gasteiger partial charge in [0.05, 0.1) is 11.0 Å². The number of rotatable bonds is 2. The molecular formula is C17H16N2O. The molecule has 3 nitrogen and oxygen atoms in total. The second-order valence-corrected chi connectivity index (χ2v) is 5.16. The highest BCUT2D eigenvalue weighted by atomic mass is 16.1. The highest BCUT2D eigenvalue weighted by Crippen LogP contribution is 2.25. The largest absolute Gasteiger partial charge is 0.327 e. The molecule has 0 radical (unpaired) electrons. The van der Waals surface area contributed by atoms with E-state index in [1.165, 1.54) is 11.1 Å². The van der Waals surface area contributed by atoms with Crippen LogP contribution in [0, 0.1) is 13.8 Å². The minimum atomic E-state index is 0.673. The molecular weight excluding hydrogens is 248 g/mol. The lowest BCUT2D eigenvalue weighted by Gasteiger charge is -2.05. The first-order valence-electron chi connectivity index (χ1n) is 6.59. The van der Waals surface area contributed by atoms with E-state index in [0.29, 0.717) is 5.56 Å². The summed E-state index contributed by atoms with van der Waals surface area (Å²) in [5.74, 6) is 0.922. The van der Waals surface area contributed by atoms with Gasteiger partial charge < -0.3 is 4.57 Å². The van der Waals surface area contributed by atoms with Crippen molar-refractivity contribution in [3.05, 3.63) is 53.1 Å². The molecule has 0 fully saturated rings.